The number of nitrogens with zero attached hydrogens (tertiary/aromatic N) is 1. The van der Waals surface area contributed by atoms with Gasteiger partial charge in [0, 0.05) is 17.3 Å². The topological polar surface area (TPSA) is 79.3 Å². The van der Waals surface area contributed by atoms with Crippen molar-refractivity contribution in [3.05, 3.63) is 24.5 Å². The van der Waals surface area contributed by atoms with Gasteiger partial charge in [0.15, 0.2) is 0 Å². The molecule has 2 N–H and O–H groups in total. The van der Waals surface area contributed by atoms with Gasteiger partial charge in [0.1, 0.15) is 0 Å². The maximum Gasteiger partial charge on any atom is 0.305 e. The number of hydrogen-bond donors (Lipinski definition) is 2. The number of nitrogens with one attached hydrogen (secondary N) is 1. The summed E-state index contributed by atoms with van der Waals surface area (Å²) in [6, 6.07) is 3.70. The Morgan fingerprint density at radius 3 is 2.55 bits per heavy atom. The summed E-state index contributed by atoms with van der Waals surface area (Å²) in [4.78, 5) is 27.9. The number of hydrogen-bond acceptors (Lipinski definition) is 4. The van der Waals surface area contributed by atoms with Crippen LogP contribution in [-0.4, -0.2) is 33.3 Å². The van der Waals surface area contributed by atoms with Crippen LogP contribution in [0.25, 0.3) is 0 Å². The number of amides is 1. The second kappa shape index (κ2) is 6.74. The van der Waals surface area contributed by atoms with Crippen LogP contribution in [0.5, 0.6) is 0 Å². The summed E-state index contributed by atoms with van der Waals surface area (Å²) in [5.41, 5.74) is -0.540. The number of carboxylic acid groups (broad SMARTS) is 1. The predicted octanol–water partition coefficient (Wildman–Crippen LogP) is 2.08. The highest BCUT2D eigenvalue weighted by atomic mass is 32.2. The third kappa shape index (κ3) is 4.23. The van der Waals surface area contributed by atoms with Gasteiger partial charge in [-0.3, -0.25) is 14.6 Å². The van der Waals surface area contributed by atoms with E-state index in [-0.39, 0.29) is 12.3 Å². The number of aromatic nitrogens is 1. The minimum atomic E-state index is -0.853. The van der Waals surface area contributed by atoms with Crippen LogP contribution in [-0.2, 0) is 9.59 Å². The van der Waals surface area contributed by atoms with E-state index in [9.17, 15) is 9.59 Å². The zero-order valence-corrected chi connectivity index (χ0v) is 12.0. The van der Waals surface area contributed by atoms with Crippen molar-refractivity contribution in [3.63, 3.8) is 0 Å². The molecule has 2 rings (SSSR count). The summed E-state index contributed by atoms with van der Waals surface area (Å²) in [5.74, 6) is -0.658. The van der Waals surface area contributed by atoms with E-state index in [1.54, 1.807) is 12.4 Å². The summed E-state index contributed by atoms with van der Waals surface area (Å²) in [6.07, 6.45) is 6.84. The molecule has 1 fully saturated rings. The average Bonchev–Trinajstić information content (AvgIpc) is 2.85. The normalized spacial score (nSPS) is 16.8. The van der Waals surface area contributed by atoms with E-state index in [1.165, 1.54) is 11.8 Å². The third-order valence-corrected chi connectivity index (χ3v) is 4.49. The lowest BCUT2D eigenvalue weighted by atomic mass is 9.93. The van der Waals surface area contributed by atoms with Crippen molar-refractivity contribution in [1.29, 1.82) is 0 Å². The van der Waals surface area contributed by atoms with Gasteiger partial charge in [-0.1, -0.05) is 12.8 Å². The fourth-order valence-electron chi connectivity index (χ4n) is 2.60. The molecule has 0 aliphatic heterocycles. The molecule has 0 aromatic carbocycles. The minimum absolute atomic E-state index is 0.0126. The van der Waals surface area contributed by atoms with Crippen LogP contribution < -0.4 is 5.32 Å². The predicted molar refractivity (Wildman–Crippen MR) is 76.6 cm³/mol. The van der Waals surface area contributed by atoms with Crippen LogP contribution in [0.3, 0.4) is 0 Å². The summed E-state index contributed by atoms with van der Waals surface area (Å²) < 4.78 is 0. The second-order valence-corrected chi connectivity index (χ2v) is 6.13. The second-order valence-electron chi connectivity index (χ2n) is 5.08. The maximum absolute atomic E-state index is 12.0. The largest absolute Gasteiger partial charge is 0.481 e. The van der Waals surface area contributed by atoms with E-state index in [0.29, 0.717) is 5.75 Å². The van der Waals surface area contributed by atoms with E-state index in [2.05, 4.69) is 10.3 Å². The SMILES string of the molecule is O=C(O)CC1(NC(=O)CSc2ccncc2)CCCC1. The van der Waals surface area contributed by atoms with Crippen LogP contribution in [0.2, 0.25) is 0 Å². The van der Waals surface area contributed by atoms with E-state index in [0.717, 1.165) is 30.6 Å². The first-order valence-electron chi connectivity index (χ1n) is 6.65. The monoisotopic (exact) mass is 294 g/mol. The zero-order chi connectivity index (χ0) is 14.4. The van der Waals surface area contributed by atoms with Gasteiger partial charge in [0.05, 0.1) is 17.7 Å². The van der Waals surface area contributed by atoms with Gasteiger partial charge in [-0.15, -0.1) is 11.8 Å². The van der Waals surface area contributed by atoms with Crippen LogP contribution in [0.1, 0.15) is 32.1 Å². The fourth-order valence-corrected chi connectivity index (χ4v) is 3.29. The summed E-state index contributed by atoms with van der Waals surface area (Å²) in [7, 11) is 0. The van der Waals surface area contributed by atoms with Crippen molar-refractivity contribution >= 4 is 23.6 Å². The Bertz CT molecular complexity index is 473. The first-order valence-corrected chi connectivity index (χ1v) is 7.64. The molecule has 1 aliphatic rings. The Morgan fingerprint density at radius 2 is 1.95 bits per heavy atom. The molecule has 20 heavy (non-hydrogen) atoms. The van der Waals surface area contributed by atoms with Crippen molar-refractivity contribution in [3.8, 4) is 0 Å². The molecule has 0 radical (unpaired) electrons. The number of carboxylic acids is 1. The van der Waals surface area contributed by atoms with Crippen molar-refractivity contribution in [2.45, 2.75) is 42.5 Å². The number of thioether (sulfide) groups is 1. The van der Waals surface area contributed by atoms with Gasteiger partial charge in [-0.05, 0) is 25.0 Å². The summed E-state index contributed by atoms with van der Waals surface area (Å²) in [5, 5.41) is 11.9. The molecule has 1 saturated carbocycles. The van der Waals surface area contributed by atoms with Gasteiger partial charge in [0.2, 0.25) is 5.91 Å². The quantitative estimate of drug-likeness (QED) is 0.785. The van der Waals surface area contributed by atoms with Crippen LogP contribution in [0, 0.1) is 0 Å². The van der Waals surface area contributed by atoms with Crippen molar-refractivity contribution < 1.29 is 14.7 Å². The van der Waals surface area contributed by atoms with Crippen LogP contribution in [0.4, 0.5) is 0 Å². The summed E-state index contributed by atoms with van der Waals surface area (Å²) in [6.45, 7) is 0. The van der Waals surface area contributed by atoms with Crippen molar-refractivity contribution in [2.75, 3.05) is 5.75 Å². The van der Waals surface area contributed by atoms with Gasteiger partial charge in [-0.25, -0.2) is 0 Å². The van der Waals surface area contributed by atoms with Crippen LogP contribution >= 0.6 is 11.8 Å². The highest BCUT2D eigenvalue weighted by molar-refractivity contribution is 8.00. The molecular weight excluding hydrogens is 276 g/mol. The number of aliphatic carboxylic acids is 1. The summed E-state index contributed by atoms with van der Waals surface area (Å²) >= 11 is 1.43. The zero-order valence-electron chi connectivity index (χ0n) is 11.2. The van der Waals surface area contributed by atoms with E-state index in [4.69, 9.17) is 5.11 Å². The van der Waals surface area contributed by atoms with E-state index in [1.807, 2.05) is 12.1 Å². The molecule has 0 atom stereocenters. The lowest BCUT2D eigenvalue weighted by Crippen LogP contribution is -2.48. The lowest BCUT2D eigenvalue weighted by molar-refractivity contribution is -0.139. The molecule has 6 heteroatoms. The van der Waals surface area contributed by atoms with Gasteiger partial charge >= 0.3 is 5.97 Å². The molecular formula is C14H18N2O3S. The van der Waals surface area contributed by atoms with Crippen molar-refractivity contribution in [2.24, 2.45) is 0 Å². The lowest BCUT2D eigenvalue weighted by Gasteiger charge is -2.28. The molecule has 5 nitrogen and oxygen atoms in total. The molecule has 1 heterocycles. The molecule has 1 amide bonds. The molecule has 108 valence electrons. The third-order valence-electron chi connectivity index (χ3n) is 3.47. The Balaban J connectivity index is 1.87. The molecule has 1 aliphatic carbocycles. The van der Waals surface area contributed by atoms with E-state index >= 15 is 0 Å². The fraction of sp³-hybridized carbons (Fsp3) is 0.500. The molecule has 1 aromatic rings. The first kappa shape index (κ1) is 14.8. The Hall–Kier alpha value is -1.56. The molecule has 0 saturated heterocycles. The van der Waals surface area contributed by atoms with Crippen molar-refractivity contribution in [1.82, 2.24) is 10.3 Å². The minimum Gasteiger partial charge on any atom is -0.481 e. The standard InChI is InChI=1S/C14H18N2O3S/c17-12(10-20-11-3-7-15-8-4-11)16-14(9-13(18)19)5-1-2-6-14/h3-4,7-8H,1-2,5-6,9-10H2,(H,16,17)(H,18,19). The van der Waals surface area contributed by atoms with Gasteiger partial charge in [-0.2, -0.15) is 0 Å². The Labute approximate surface area is 122 Å². The maximum atomic E-state index is 12.0. The van der Waals surface area contributed by atoms with Crippen LogP contribution in [0.15, 0.2) is 29.4 Å². The van der Waals surface area contributed by atoms with Gasteiger partial charge in [0.25, 0.3) is 0 Å². The molecule has 1 aromatic heterocycles. The number of rotatable bonds is 6. The first-order chi connectivity index (χ1) is 9.60. The number of carbonyl (C=O) groups is 2. The highest BCUT2D eigenvalue weighted by Gasteiger charge is 2.37. The Kier molecular flexibility index (Phi) is 5.00. The highest BCUT2D eigenvalue weighted by Crippen LogP contribution is 2.32. The molecule has 0 unspecified atom stereocenters. The average molecular weight is 294 g/mol. The van der Waals surface area contributed by atoms with Gasteiger partial charge < -0.3 is 10.4 Å². The number of carbonyl (C=O) groups excluding carboxylic acids is 1. The number of pyridine rings is 1. The Morgan fingerprint density at radius 1 is 1.30 bits per heavy atom. The van der Waals surface area contributed by atoms with E-state index < -0.39 is 11.5 Å². The smallest absolute Gasteiger partial charge is 0.305 e. The molecule has 0 spiro atoms. The molecule has 0 bridgehead atoms.